The maximum Gasteiger partial charge on any atom is 0.321 e. The van der Waals surface area contributed by atoms with Gasteiger partial charge in [-0.2, -0.15) is 0 Å². The van der Waals surface area contributed by atoms with E-state index >= 15 is 0 Å². The molecule has 0 aromatic heterocycles. The molecular formula is C24H19ClN4O2. The van der Waals surface area contributed by atoms with Crippen molar-refractivity contribution in [1.82, 2.24) is 5.32 Å². The van der Waals surface area contributed by atoms with Crippen LogP contribution < -0.4 is 15.5 Å². The molecule has 0 spiro atoms. The Hall–Kier alpha value is -3.64. The van der Waals surface area contributed by atoms with E-state index in [9.17, 15) is 9.59 Å². The minimum atomic E-state index is -1.04. The molecule has 6 nitrogen and oxygen atoms in total. The van der Waals surface area contributed by atoms with Crippen molar-refractivity contribution in [2.45, 2.75) is 12.6 Å². The summed E-state index contributed by atoms with van der Waals surface area (Å²) < 4.78 is 0. The van der Waals surface area contributed by atoms with Crippen molar-refractivity contribution in [3.8, 4) is 0 Å². The normalized spacial score (nSPS) is 16.9. The zero-order chi connectivity index (χ0) is 21.4. The van der Waals surface area contributed by atoms with E-state index in [0.29, 0.717) is 23.0 Å². The summed E-state index contributed by atoms with van der Waals surface area (Å²) in [6.07, 6.45) is -0.262. The van der Waals surface area contributed by atoms with Crippen LogP contribution in [0.1, 0.15) is 16.7 Å². The molecule has 5 rings (SSSR count). The Morgan fingerprint density at radius 3 is 2.55 bits per heavy atom. The van der Waals surface area contributed by atoms with Gasteiger partial charge in [-0.25, -0.2) is 9.79 Å². The van der Waals surface area contributed by atoms with Gasteiger partial charge < -0.3 is 15.5 Å². The first-order valence-corrected chi connectivity index (χ1v) is 10.4. The molecule has 31 heavy (non-hydrogen) atoms. The summed E-state index contributed by atoms with van der Waals surface area (Å²) in [5.74, 6) is -0.247. The third-order valence-electron chi connectivity index (χ3n) is 5.42. The molecule has 0 saturated carbocycles. The lowest BCUT2D eigenvalue weighted by atomic mass is 9.98. The van der Waals surface area contributed by atoms with E-state index in [4.69, 9.17) is 16.6 Å². The minimum Gasteiger partial charge on any atom is -0.308 e. The average Bonchev–Trinajstić information content (AvgIpc) is 3.18. The molecule has 154 valence electrons. The van der Waals surface area contributed by atoms with Crippen molar-refractivity contribution in [1.29, 1.82) is 0 Å². The summed E-state index contributed by atoms with van der Waals surface area (Å²) in [5.41, 5.74) is 5.05. The van der Waals surface area contributed by atoms with Crippen LogP contribution in [0.2, 0.25) is 5.02 Å². The predicted molar refractivity (Wildman–Crippen MR) is 122 cm³/mol. The highest BCUT2D eigenvalue weighted by molar-refractivity contribution is 6.30. The maximum atomic E-state index is 13.3. The summed E-state index contributed by atoms with van der Waals surface area (Å²) in [6.45, 7) is 0.569. The second-order valence-electron chi connectivity index (χ2n) is 7.40. The monoisotopic (exact) mass is 430 g/mol. The molecule has 0 aliphatic carbocycles. The number of benzene rings is 3. The molecule has 3 aromatic carbocycles. The molecule has 0 fully saturated rings. The number of amides is 3. The molecule has 0 saturated heterocycles. The first-order valence-electron chi connectivity index (χ1n) is 10.00. The highest BCUT2D eigenvalue weighted by Gasteiger charge is 2.36. The molecule has 0 bridgehead atoms. The van der Waals surface area contributed by atoms with Crippen molar-refractivity contribution < 1.29 is 9.59 Å². The van der Waals surface area contributed by atoms with Gasteiger partial charge in [-0.3, -0.25) is 4.79 Å². The van der Waals surface area contributed by atoms with Crippen LogP contribution in [0, 0.1) is 0 Å². The molecule has 2 heterocycles. The van der Waals surface area contributed by atoms with Crippen LogP contribution >= 0.6 is 11.6 Å². The van der Waals surface area contributed by atoms with E-state index in [-0.39, 0.29) is 5.91 Å². The number of carbonyl (C=O) groups excluding carboxylic acids is 2. The summed E-state index contributed by atoms with van der Waals surface area (Å²) in [6, 6.07) is 22.0. The van der Waals surface area contributed by atoms with Crippen molar-refractivity contribution in [2.24, 2.45) is 4.99 Å². The average molecular weight is 431 g/mol. The largest absolute Gasteiger partial charge is 0.321 e. The lowest BCUT2D eigenvalue weighted by molar-refractivity contribution is -0.120. The first kappa shape index (κ1) is 19.3. The standard InChI is InChI=1S/C24H19ClN4O2/c25-17-9-11-18(12-10-17)26-24(31)28-22-23(30)29-14-13-16-7-4-8-19(21(16)29)20(27-22)15-5-2-1-3-6-15/h1-12,22H,13-14H2,(H2,26,28,31). The first-order chi connectivity index (χ1) is 15.1. The van der Waals surface area contributed by atoms with Crippen molar-refractivity contribution in [3.05, 3.63) is 94.5 Å². The number of anilines is 2. The van der Waals surface area contributed by atoms with Crippen LogP contribution in [0.3, 0.4) is 0 Å². The van der Waals surface area contributed by atoms with Crippen LogP contribution in [0.5, 0.6) is 0 Å². The number of hydrogen-bond acceptors (Lipinski definition) is 3. The highest BCUT2D eigenvalue weighted by Crippen LogP contribution is 2.36. The van der Waals surface area contributed by atoms with E-state index in [1.54, 1.807) is 29.2 Å². The molecule has 0 radical (unpaired) electrons. The van der Waals surface area contributed by atoms with Gasteiger partial charge in [0.15, 0.2) is 0 Å². The minimum absolute atomic E-state index is 0.247. The van der Waals surface area contributed by atoms with Crippen LogP contribution in [-0.2, 0) is 11.2 Å². The molecular weight excluding hydrogens is 412 g/mol. The molecule has 3 amide bonds. The van der Waals surface area contributed by atoms with E-state index in [0.717, 1.165) is 28.8 Å². The van der Waals surface area contributed by atoms with Gasteiger partial charge in [0.25, 0.3) is 5.91 Å². The Balaban J connectivity index is 1.51. The fourth-order valence-corrected chi connectivity index (χ4v) is 4.14. The summed E-state index contributed by atoms with van der Waals surface area (Å²) in [5, 5.41) is 6.04. The van der Waals surface area contributed by atoms with Gasteiger partial charge in [0.2, 0.25) is 6.17 Å². The zero-order valence-corrected chi connectivity index (χ0v) is 17.3. The van der Waals surface area contributed by atoms with Gasteiger partial charge in [-0.15, -0.1) is 0 Å². The number of para-hydroxylation sites is 1. The van der Waals surface area contributed by atoms with Crippen molar-refractivity contribution >= 4 is 40.6 Å². The second kappa shape index (κ2) is 7.89. The summed E-state index contributed by atoms with van der Waals surface area (Å²) >= 11 is 5.90. The number of rotatable bonds is 3. The van der Waals surface area contributed by atoms with Crippen LogP contribution in [0.4, 0.5) is 16.2 Å². The van der Waals surface area contributed by atoms with Crippen LogP contribution in [0.15, 0.2) is 77.8 Å². The quantitative estimate of drug-likeness (QED) is 0.652. The number of aliphatic imine (C=N–C) groups is 1. The summed E-state index contributed by atoms with van der Waals surface area (Å²) in [7, 11) is 0. The highest BCUT2D eigenvalue weighted by atomic mass is 35.5. The topological polar surface area (TPSA) is 73.8 Å². The third-order valence-corrected chi connectivity index (χ3v) is 5.68. The fraction of sp³-hybridized carbons (Fsp3) is 0.125. The van der Waals surface area contributed by atoms with E-state index < -0.39 is 12.2 Å². The molecule has 2 N–H and O–H groups in total. The zero-order valence-electron chi connectivity index (χ0n) is 16.5. The number of hydrogen-bond donors (Lipinski definition) is 2. The molecule has 2 aliphatic rings. The van der Waals surface area contributed by atoms with E-state index in [1.165, 1.54) is 0 Å². The van der Waals surface area contributed by atoms with Gasteiger partial charge >= 0.3 is 6.03 Å². The number of nitrogens with zero attached hydrogens (tertiary/aromatic N) is 2. The Morgan fingerprint density at radius 2 is 1.77 bits per heavy atom. The molecule has 1 unspecified atom stereocenters. The van der Waals surface area contributed by atoms with Crippen molar-refractivity contribution in [2.75, 3.05) is 16.8 Å². The SMILES string of the molecule is O=C(Nc1ccc(Cl)cc1)NC1N=C(c2ccccc2)c2cccc3c2N(CC3)C1=O. The van der Waals surface area contributed by atoms with Gasteiger partial charge in [0.05, 0.1) is 11.4 Å². The Morgan fingerprint density at radius 1 is 1.00 bits per heavy atom. The smallest absolute Gasteiger partial charge is 0.308 e. The van der Waals surface area contributed by atoms with Crippen LogP contribution in [-0.4, -0.2) is 30.4 Å². The number of urea groups is 1. The predicted octanol–water partition coefficient (Wildman–Crippen LogP) is 4.23. The Bertz CT molecular complexity index is 1190. The molecule has 3 aromatic rings. The Kier molecular flexibility index (Phi) is 4.92. The number of nitrogens with one attached hydrogen (secondary N) is 2. The van der Waals surface area contributed by atoms with Gasteiger partial charge in [-0.1, -0.05) is 60.1 Å². The van der Waals surface area contributed by atoms with E-state index in [1.807, 2.05) is 48.5 Å². The Labute approximate surface area is 184 Å². The second-order valence-corrected chi connectivity index (χ2v) is 7.84. The maximum absolute atomic E-state index is 13.3. The molecule has 1 atom stereocenters. The third kappa shape index (κ3) is 3.66. The van der Waals surface area contributed by atoms with E-state index in [2.05, 4.69) is 10.6 Å². The lowest BCUT2D eigenvalue weighted by Crippen LogP contribution is -2.48. The number of carbonyl (C=O) groups is 2. The fourth-order valence-electron chi connectivity index (χ4n) is 4.01. The lowest BCUT2D eigenvalue weighted by Gasteiger charge is -2.21. The summed E-state index contributed by atoms with van der Waals surface area (Å²) in [4.78, 5) is 32.4. The molecule has 2 aliphatic heterocycles. The van der Waals surface area contributed by atoms with Crippen LogP contribution in [0.25, 0.3) is 0 Å². The molecule has 7 heteroatoms. The van der Waals surface area contributed by atoms with Gasteiger partial charge in [0, 0.05) is 28.4 Å². The van der Waals surface area contributed by atoms with Crippen molar-refractivity contribution in [3.63, 3.8) is 0 Å². The van der Waals surface area contributed by atoms with Gasteiger partial charge in [-0.05, 0) is 36.2 Å². The number of halogens is 1. The van der Waals surface area contributed by atoms with Gasteiger partial charge in [0.1, 0.15) is 0 Å².